The van der Waals surface area contributed by atoms with Crippen molar-refractivity contribution in [3.63, 3.8) is 0 Å². The number of aliphatic carboxylic acids is 1. The molecule has 24 heavy (non-hydrogen) atoms. The minimum absolute atomic E-state index is 0.119. The molecule has 2 aromatic rings. The molecule has 0 unspecified atom stereocenters. The lowest BCUT2D eigenvalue weighted by molar-refractivity contribution is -0.697. The number of rotatable bonds is 8. The normalized spacial score (nSPS) is 13.0. The summed E-state index contributed by atoms with van der Waals surface area (Å²) < 4.78 is 0. The van der Waals surface area contributed by atoms with Crippen LogP contribution in [0.25, 0.3) is 0 Å². The first-order valence-corrected chi connectivity index (χ1v) is 7.98. The van der Waals surface area contributed by atoms with Crippen molar-refractivity contribution in [3.8, 4) is 0 Å². The predicted octanol–water partition coefficient (Wildman–Crippen LogP) is 0.136. The van der Waals surface area contributed by atoms with E-state index in [1.54, 1.807) is 5.32 Å². The second-order valence-electron chi connectivity index (χ2n) is 5.75. The van der Waals surface area contributed by atoms with Crippen molar-refractivity contribution in [2.24, 2.45) is 0 Å². The van der Waals surface area contributed by atoms with Gasteiger partial charge in [-0.3, -0.25) is 4.79 Å². The molecular formula is C19H22N2O3. The van der Waals surface area contributed by atoms with E-state index in [0.717, 1.165) is 11.1 Å². The quantitative estimate of drug-likeness (QED) is 0.723. The number of quaternary nitrogens is 1. The van der Waals surface area contributed by atoms with E-state index in [9.17, 15) is 14.7 Å². The first kappa shape index (κ1) is 17.7. The largest absolute Gasteiger partial charge is 0.544 e. The Labute approximate surface area is 141 Å². The number of carboxylic acid groups (broad SMARTS) is 1. The van der Waals surface area contributed by atoms with Gasteiger partial charge in [-0.2, -0.15) is 0 Å². The summed E-state index contributed by atoms with van der Waals surface area (Å²) >= 11 is 0. The summed E-state index contributed by atoms with van der Waals surface area (Å²) in [7, 11) is 0. The van der Waals surface area contributed by atoms with Crippen molar-refractivity contribution in [2.75, 3.05) is 0 Å². The third kappa shape index (κ3) is 5.52. The van der Waals surface area contributed by atoms with Crippen LogP contribution < -0.4 is 15.7 Å². The van der Waals surface area contributed by atoms with Crippen LogP contribution in [0, 0.1) is 0 Å². The van der Waals surface area contributed by atoms with Crippen LogP contribution in [0.1, 0.15) is 30.5 Å². The number of benzene rings is 2. The number of carboxylic acids is 1. The highest BCUT2D eigenvalue weighted by molar-refractivity contribution is 5.82. The molecule has 0 radical (unpaired) electrons. The topological polar surface area (TPSA) is 85.8 Å². The molecule has 5 nitrogen and oxygen atoms in total. The monoisotopic (exact) mass is 326 g/mol. The Morgan fingerprint density at radius 1 is 1.04 bits per heavy atom. The van der Waals surface area contributed by atoms with E-state index >= 15 is 0 Å². The summed E-state index contributed by atoms with van der Waals surface area (Å²) in [5, 5.41) is 15.7. The molecule has 0 aromatic heterocycles. The Hall–Kier alpha value is -2.66. The molecule has 0 aliphatic heterocycles. The number of carbonyl (C=O) groups excluding carboxylic acids is 2. The zero-order valence-electron chi connectivity index (χ0n) is 13.6. The van der Waals surface area contributed by atoms with Crippen LogP contribution >= 0.6 is 0 Å². The van der Waals surface area contributed by atoms with Crippen molar-refractivity contribution in [1.29, 1.82) is 0 Å². The van der Waals surface area contributed by atoms with Gasteiger partial charge in [-0.15, -0.1) is 0 Å². The Balaban J connectivity index is 1.87. The number of hydrogen-bond acceptors (Lipinski definition) is 3. The number of hydrogen-bond donors (Lipinski definition) is 2. The lowest BCUT2D eigenvalue weighted by Crippen LogP contribution is -2.92. The second kappa shape index (κ2) is 8.84. The average Bonchev–Trinajstić information content (AvgIpc) is 2.60. The van der Waals surface area contributed by atoms with Gasteiger partial charge >= 0.3 is 0 Å². The van der Waals surface area contributed by atoms with E-state index in [1.807, 2.05) is 67.6 Å². The fraction of sp³-hybridized carbons (Fsp3) is 0.263. The minimum Gasteiger partial charge on any atom is -0.544 e. The number of carbonyl (C=O) groups is 2. The van der Waals surface area contributed by atoms with Crippen molar-refractivity contribution >= 4 is 11.9 Å². The number of amides is 1. The third-order valence-corrected chi connectivity index (χ3v) is 3.87. The SMILES string of the molecule is C[C@@H](NC(=O)C[C@@H]([NH2+]Cc1ccccc1)C(=O)[O-])c1ccccc1. The van der Waals surface area contributed by atoms with Crippen LogP contribution in [0.3, 0.4) is 0 Å². The summed E-state index contributed by atoms with van der Waals surface area (Å²) in [5.74, 6) is -1.53. The third-order valence-electron chi connectivity index (χ3n) is 3.87. The van der Waals surface area contributed by atoms with Crippen molar-refractivity contribution in [3.05, 3.63) is 71.8 Å². The predicted molar refractivity (Wildman–Crippen MR) is 88.5 cm³/mol. The molecule has 0 fully saturated rings. The van der Waals surface area contributed by atoms with E-state index < -0.39 is 12.0 Å². The molecule has 0 spiro atoms. The van der Waals surface area contributed by atoms with E-state index in [4.69, 9.17) is 0 Å². The highest BCUT2D eigenvalue weighted by Crippen LogP contribution is 2.11. The highest BCUT2D eigenvalue weighted by Gasteiger charge is 2.19. The Bertz CT molecular complexity index is 659. The Morgan fingerprint density at radius 3 is 2.21 bits per heavy atom. The van der Waals surface area contributed by atoms with Crippen LogP contribution in [-0.4, -0.2) is 17.9 Å². The maximum Gasteiger partial charge on any atom is 0.226 e. The van der Waals surface area contributed by atoms with Gasteiger partial charge < -0.3 is 20.5 Å². The zero-order chi connectivity index (χ0) is 17.4. The molecule has 0 saturated heterocycles. The van der Waals surface area contributed by atoms with Crippen LogP contribution in [0.4, 0.5) is 0 Å². The molecule has 0 saturated carbocycles. The number of nitrogens with one attached hydrogen (secondary N) is 1. The molecular weight excluding hydrogens is 304 g/mol. The fourth-order valence-electron chi connectivity index (χ4n) is 2.48. The summed E-state index contributed by atoms with van der Waals surface area (Å²) in [6.45, 7) is 2.36. The molecule has 2 aromatic carbocycles. The maximum absolute atomic E-state index is 12.1. The first-order chi connectivity index (χ1) is 11.6. The van der Waals surface area contributed by atoms with Gasteiger partial charge in [0.15, 0.2) is 0 Å². The van der Waals surface area contributed by atoms with Crippen molar-refractivity contribution in [2.45, 2.75) is 32.0 Å². The van der Waals surface area contributed by atoms with E-state index in [0.29, 0.717) is 6.54 Å². The molecule has 0 heterocycles. The molecule has 1 amide bonds. The van der Waals surface area contributed by atoms with Gasteiger partial charge in [-0.1, -0.05) is 60.7 Å². The van der Waals surface area contributed by atoms with Gasteiger partial charge in [-0.05, 0) is 12.5 Å². The number of nitrogens with two attached hydrogens (primary N) is 1. The molecule has 3 N–H and O–H groups in total. The molecule has 5 heteroatoms. The Morgan fingerprint density at radius 2 is 1.62 bits per heavy atom. The summed E-state index contributed by atoms with van der Waals surface area (Å²) in [4.78, 5) is 23.4. The maximum atomic E-state index is 12.1. The van der Waals surface area contributed by atoms with Gasteiger partial charge in [-0.25, -0.2) is 0 Å². The Kier molecular flexibility index (Phi) is 6.51. The van der Waals surface area contributed by atoms with Gasteiger partial charge in [0, 0.05) is 5.56 Å². The van der Waals surface area contributed by atoms with Gasteiger partial charge in [0.05, 0.1) is 18.4 Å². The molecule has 0 bridgehead atoms. The lowest BCUT2D eigenvalue weighted by atomic mass is 10.1. The lowest BCUT2D eigenvalue weighted by Gasteiger charge is -2.19. The van der Waals surface area contributed by atoms with Gasteiger partial charge in [0.25, 0.3) is 0 Å². The van der Waals surface area contributed by atoms with Crippen LogP contribution in [-0.2, 0) is 16.1 Å². The van der Waals surface area contributed by atoms with Crippen LogP contribution in [0.2, 0.25) is 0 Å². The fourth-order valence-corrected chi connectivity index (χ4v) is 2.48. The van der Waals surface area contributed by atoms with Crippen molar-refractivity contribution < 1.29 is 20.0 Å². The molecule has 2 atom stereocenters. The van der Waals surface area contributed by atoms with Crippen molar-refractivity contribution in [1.82, 2.24) is 5.32 Å². The smallest absolute Gasteiger partial charge is 0.226 e. The van der Waals surface area contributed by atoms with E-state index in [1.165, 1.54) is 0 Å². The zero-order valence-corrected chi connectivity index (χ0v) is 13.6. The first-order valence-electron chi connectivity index (χ1n) is 7.98. The van der Waals surface area contributed by atoms with Gasteiger partial charge in [0.1, 0.15) is 12.6 Å². The standard InChI is InChI=1S/C19H22N2O3/c1-14(16-10-6-3-7-11-16)21-18(22)12-17(19(23)24)20-13-15-8-4-2-5-9-15/h2-11,14,17,20H,12-13H2,1H3,(H,21,22)(H,23,24)/t14-,17-/m1/s1. The van der Waals surface area contributed by atoms with Crippen LogP contribution in [0.15, 0.2) is 60.7 Å². The van der Waals surface area contributed by atoms with E-state index in [2.05, 4.69) is 5.32 Å². The minimum atomic E-state index is -1.23. The molecule has 0 aliphatic rings. The van der Waals surface area contributed by atoms with Crippen LogP contribution in [0.5, 0.6) is 0 Å². The van der Waals surface area contributed by atoms with Gasteiger partial charge in [0.2, 0.25) is 5.91 Å². The van der Waals surface area contributed by atoms with E-state index in [-0.39, 0.29) is 18.4 Å². The highest BCUT2D eigenvalue weighted by atomic mass is 16.4. The molecule has 126 valence electrons. The average molecular weight is 326 g/mol. The second-order valence-corrected chi connectivity index (χ2v) is 5.75. The molecule has 0 aliphatic carbocycles. The summed E-state index contributed by atoms with van der Waals surface area (Å²) in [5.41, 5.74) is 1.98. The molecule has 2 rings (SSSR count). The summed E-state index contributed by atoms with van der Waals surface area (Å²) in [6.07, 6.45) is -0.119. The summed E-state index contributed by atoms with van der Waals surface area (Å²) in [6, 6.07) is 18.0.